The molecule has 2 unspecified atom stereocenters. The molecule has 2 fully saturated rings. The summed E-state index contributed by atoms with van der Waals surface area (Å²) in [5, 5.41) is 3.36. The highest BCUT2D eigenvalue weighted by atomic mass is 19.1. The van der Waals surface area contributed by atoms with Crippen molar-refractivity contribution < 1.29 is 4.39 Å². The van der Waals surface area contributed by atoms with Crippen LogP contribution < -0.4 is 5.32 Å². The summed E-state index contributed by atoms with van der Waals surface area (Å²) in [4.78, 5) is 0. The van der Waals surface area contributed by atoms with E-state index in [9.17, 15) is 4.39 Å². The van der Waals surface area contributed by atoms with Gasteiger partial charge < -0.3 is 5.32 Å². The van der Waals surface area contributed by atoms with Gasteiger partial charge in [0.05, 0.1) is 0 Å². The molecule has 0 aromatic heterocycles. The third-order valence-corrected chi connectivity index (χ3v) is 4.28. The average molecular weight is 219 g/mol. The maximum Gasteiger partial charge on any atom is 0.136 e. The van der Waals surface area contributed by atoms with Crippen molar-refractivity contribution in [1.82, 2.24) is 5.32 Å². The summed E-state index contributed by atoms with van der Waals surface area (Å²) in [6.45, 7) is 4.02. The van der Waals surface area contributed by atoms with Crippen molar-refractivity contribution in [2.24, 2.45) is 11.8 Å². The van der Waals surface area contributed by atoms with Crippen LogP contribution in [0.15, 0.2) is 24.3 Å². The van der Waals surface area contributed by atoms with Crippen LogP contribution >= 0.6 is 0 Å². The molecule has 2 atom stereocenters. The molecule has 0 bridgehead atoms. The van der Waals surface area contributed by atoms with E-state index < -0.39 is 5.67 Å². The summed E-state index contributed by atoms with van der Waals surface area (Å²) in [6, 6.07) is 7.92. The minimum atomic E-state index is -1.07. The molecule has 3 rings (SSSR count). The van der Waals surface area contributed by atoms with Gasteiger partial charge >= 0.3 is 0 Å². The number of fused-ring (bicyclic) bond motifs is 1. The number of benzene rings is 1. The van der Waals surface area contributed by atoms with Gasteiger partial charge in [-0.2, -0.15) is 0 Å². The number of hydrogen-bond acceptors (Lipinski definition) is 1. The van der Waals surface area contributed by atoms with Gasteiger partial charge in [-0.15, -0.1) is 0 Å². The Kier molecular flexibility index (Phi) is 2.28. The number of alkyl halides is 1. The second-order valence-corrected chi connectivity index (χ2v) is 5.37. The first kappa shape index (κ1) is 10.3. The maximum absolute atomic E-state index is 15.0. The lowest BCUT2D eigenvalue weighted by Gasteiger charge is -2.23. The van der Waals surface area contributed by atoms with Gasteiger partial charge in [-0.05, 0) is 55.8 Å². The Morgan fingerprint density at radius 1 is 1.19 bits per heavy atom. The molecule has 0 spiro atoms. The Hall–Kier alpha value is -0.890. The van der Waals surface area contributed by atoms with Gasteiger partial charge in [0, 0.05) is 0 Å². The van der Waals surface area contributed by atoms with E-state index >= 15 is 0 Å². The third-order valence-electron chi connectivity index (χ3n) is 4.28. The van der Waals surface area contributed by atoms with E-state index in [2.05, 4.69) is 5.32 Å². The average Bonchev–Trinajstić information content (AvgIpc) is 2.76. The van der Waals surface area contributed by atoms with Crippen LogP contribution in [0.2, 0.25) is 0 Å². The number of hydrogen-bond donors (Lipinski definition) is 1. The van der Waals surface area contributed by atoms with Crippen LogP contribution in [-0.2, 0) is 5.67 Å². The highest BCUT2D eigenvalue weighted by molar-refractivity contribution is 5.33. The van der Waals surface area contributed by atoms with Gasteiger partial charge in [0.2, 0.25) is 0 Å². The highest BCUT2D eigenvalue weighted by Gasteiger charge is 2.48. The highest BCUT2D eigenvalue weighted by Crippen LogP contribution is 2.50. The predicted molar refractivity (Wildman–Crippen MR) is 63.0 cm³/mol. The Morgan fingerprint density at radius 2 is 1.81 bits per heavy atom. The zero-order valence-corrected chi connectivity index (χ0v) is 9.67. The zero-order valence-electron chi connectivity index (χ0n) is 9.67. The van der Waals surface area contributed by atoms with Crippen molar-refractivity contribution >= 4 is 0 Å². The molecular weight excluding hydrogens is 201 g/mol. The SMILES string of the molecule is Cc1ccccc1C1(F)CC2CNCC2C1. The molecule has 0 radical (unpaired) electrons. The first-order chi connectivity index (χ1) is 7.69. The van der Waals surface area contributed by atoms with Crippen molar-refractivity contribution in [2.75, 3.05) is 13.1 Å². The zero-order chi connectivity index (χ0) is 11.2. The Balaban J connectivity index is 1.93. The molecule has 1 heterocycles. The molecule has 16 heavy (non-hydrogen) atoms. The number of aryl methyl sites for hydroxylation is 1. The van der Waals surface area contributed by atoms with Crippen molar-refractivity contribution in [2.45, 2.75) is 25.4 Å². The van der Waals surface area contributed by atoms with Gasteiger partial charge in [-0.1, -0.05) is 24.3 Å². The quantitative estimate of drug-likeness (QED) is 0.766. The lowest BCUT2D eigenvalue weighted by Crippen LogP contribution is -2.22. The molecule has 1 saturated heterocycles. The molecule has 1 aliphatic heterocycles. The predicted octanol–water partition coefficient (Wildman–Crippen LogP) is 2.79. The van der Waals surface area contributed by atoms with Gasteiger partial charge in [0.25, 0.3) is 0 Å². The lowest BCUT2D eigenvalue weighted by atomic mass is 9.89. The minimum Gasteiger partial charge on any atom is -0.316 e. The van der Waals surface area contributed by atoms with E-state index in [-0.39, 0.29) is 0 Å². The van der Waals surface area contributed by atoms with Crippen LogP contribution in [0.5, 0.6) is 0 Å². The fourth-order valence-corrected chi connectivity index (χ4v) is 3.48. The molecular formula is C14H18FN. The molecule has 1 saturated carbocycles. The molecule has 0 amide bonds. The van der Waals surface area contributed by atoms with Gasteiger partial charge in [-0.25, -0.2) is 4.39 Å². The summed E-state index contributed by atoms with van der Waals surface area (Å²) in [6.07, 6.45) is 1.41. The van der Waals surface area contributed by atoms with Crippen molar-refractivity contribution in [3.63, 3.8) is 0 Å². The summed E-state index contributed by atoms with van der Waals surface area (Å²) in [7, 11) is 0. The van der Waals surface area contributed by atoms with Gasteiger partial charge in [-0.3, -0.25) is 0 Å². The van der Waals surface area contributed by atoms with Crippen molar-refractivity contribution in [3.8, 4) is 0 Å². The summed E-state index contributed by atoms with van der Waals surface area (Å²) in [5.41, 5.74) is 0.949. The first-order valence-electron chi connectivity index (χ1n) is 6.15. The largest absolute Gasteiger partial charge is 0.316 e. The Bertz CT molecular complexity index is 389. The summed E-state index contributed by atoms with van der Waals surface area (Å²) < 4.78 is 15.0. The Morgan fingerprint density at radius 3 is 2.44 bits per heavy atom. The van der Waals surface area contributed by atoms with Crippen LogP contribution in [0.1, 0.15) is 24.0 Å². The Labute approximate surface area is 96.1 Å². The molecule has 1 nitrogen and oxygen atoms in total. The fourth-order valence-electron chi connectivity index (χ4n) is 3.48. The molecule has 2 aliphatic rings. The van der Waals surface area contributed by atoms with E-state index in [1.807, 2.05) is 31.2 Å². The molecule has 1 N–H and O–H groups in total. The normalized spacial score (nSPS) is 37.6. The number of nitrogens with one attached hydrogen (secondary N) is 1. The second kappa shape index (κ2) is 3.56. The fraction of sp³-hybridized carbons (Fsp3) is 0.571. The van der Waals surface area contributed by atoms with Crippen LogP contribution in [0, 0.1) is 18.8 Å². The molecule has 2 heteroatoms. The number of rotatable bonds is 1. The van der Waals surface area contributed by atoms with Crippen LogP contribution in [-0.4, -0.2) is 13.1 Å². The summed E-state index contributed by atoms with van der Waals surface area (Å²) >= 11 is 0. The van der Waals surface area contributed by atoms with E-state index in [0.29, 0.717) is 24.7 Å². The topological polar surface area (TPSA) is 12.0 Å². The monoisotopic (exact) mass is 219 g/mol. The van der Waals surface area contributed by atoms with Crippen LogP contribution in [0.3, 0.4) is 0 Å². The first-order valence-corrected chi connectivity index (χ1v) is 6.15. The van der Waals surface area contributed by atoms with E-state index in [0.717, 1.165) is 24.2 Å². The maximum atomic E-state index is 15.0. The van der Waals surface area contributed by atoms with E-state index in [1.165, 1.54) is 0 Å². The standard InChI is InChI=1S/C14H18FN/c1-10-4-2-3-5-13(10)14(15)6-11-8-16-9-12(11)7-14/h2-5,11-12,16H,6-9H2,1H3. The van der Waals surface area contributed by atoms with Crippen LogP contribution in [0.25, 0.3) is 0 Å². The van der Waals surface area contributed by atoms with Gasteiger partial charge in [0.15, 0.2) is 0 Å². The van der Waals surface area contributed by atoms with Crippen molar-refractivity contribution in [3.05, 3.63) is 35.4 Å². The number of halogens is 1. The summed E-state index contributed by atoms with van der Waals surface area (Å²) in [5.74, 6) is 1.09. The molecule has 1 aromatic carbocycles. The molecule has 1 aromatic rings. The van der Waals surface area contributed by atoms with Gasteiger partial charge in [0.1, 0.15) is 5.67 Å². The second-order valence-electron chi connectivity index (χ2n) is 5.37. The third kappa shape index (κ3) is 1.47. The molecule has 1 aliphatic carbocycles. The smallest absolute Gasteiger partial charge is 0.136 e. The van der Waals surface area contributed by atoms with Crippen molar-refractivity contribution in [1.29, 1.82) is 0 Å². The molecule has 86 valence electrons. The van der Waals surface area contributed by atoms with E-state index in [4.69, 9.17) is 0 Å². The van der Waals surface area contributed by atoms with E-state index in [1.54, 1.807) is 0 Å². The minimum absolute atomic E-state index is 0.546. The lowest BCUT2D eigenvalue weighted by molar-refractivity contribution is 0.160. The van der Waals surface area contributed by atoms with Crippen LogP contribution in [0.4, 0.5) is 4.39 Å².